The Morgan fingerprint density at radius 2 is 1.19 bits per heavy atom. The highest BCUT2D eigenvalue weighted by Crippen LogP contribution is 2.30. The molecule has 12 nitrogen and oxygen atoms in total. The summed E-state index contributed by atoms with van der Waals surface area (Å²) in [7, 11) is 1.37. The van der Waals surface area contributed by atoms with Gasteiger partial charge in [0.1, 0.15) is 12.7 Å². The van der Waals surface area contributed by atoms with Crippen molar-refractivity contribution in [3.63, 3.8) is 0 Å². The molecular weight excluding hydrogens is 480 g/mol. The summed E-state index contributed by atoms with van der Waals surface area (Å²) in [5.74, 6) is -2.88. The van der Waals surface area contributed by atoms with Crippen LogP contribution in [-0.2, 0) is 57.1 Å². The SMILES string of the molecule is COC(=O)CCCCCCCCO[C@H]1O[C@H](COC(C)=O)[C@@H](OC(C)=O)[C@H](OC(C)=O)[C@H]1OC(C)=O. The summed E-state index contributed by atoms with van der Waals surface area (Å²) in [6.07, 6.45) is -0.370. The first-order valence-corrected chi connectivity index (χ1v) is 12.0. The van der Waals surface area contributed by atoms with Gasteiger partial charge in [-0.05, 0) is 12.8 Å². The van der Waals surface area contributed by atoms with Crippen LogP contribution in [0.15, 0.2) is 0 Å². The Balaban J connectivity index is 2.80. The van der Waals surface area contributed by atoms with Crippen molar-refractivity contribution in [1.82, 2.24) is 0 Å². The molecule has 36 heavy (non-hydrogen) atoms. The van der Waals surface area contributed by atoms with Gasteiger partial charge in [-0.2, -0.15) is 0 Å². The molecule has 1 saturated heterocycles. The fraction of sp³-hybridized carbons (Fsp3) is 0.792. The Hall–Kier alpha value is -2.73. The summed E-state index contributed by atoms with van der Waals surface area (Å²) in [6, 6.07) is 0. The Labute approximate surface area is 211 Å². The maximum Gasteiger partial charge on any atom is 0.305 e. The Morgan fingerprint density at radius 1 is 0.667 bits per heavy atom. The molecule has 0 aliphatic carbocycles. The standard InChI is InChI=1S/C24H38O12/c1-15(25)32-14-19-21(33-16(2)26)22(34-17(3)27)23(35-18(4)28)24(36-19)31-13-11-9-7-6-8-10-12-20(29)30-5/h19,21-24H,6-14H2,1-5H3/t19-,21-,22+,23-,24+/m1/s1. The molecular formula is C24H38O12. The van der Waals surface area contributed by atoms with E-state index in [0.717, 1.165) is 46.0 Å². The summed E-state index contributed by atoms with van der Waals surface area (Å²) in [5.41, 5.74) is 0. The molecule has 0 aromatic heterocycles. The normalized spacial score (nSPS) is 23.3. The molecule has 0 N–H and O–H groups in total. The van der Waals surface area contributed by atoms with Crippen LogP contribution >= 0.6 is 0 Å². The number of carbonyl (C=O) groups is 5. The summed E-state index contributed by atoms with van der Waals surface area (Å²) in [6.45, 7) is 4.64. The van der Waals surface area contributed by atoms with E-state index in [9.17, 15) is 24.0 Å². The highest BCUT2D eigenvalue weighted by atomic mass is 16.7. The van der Waals surface area contributed by atoms with Crippen LogP contribution in [-0.4, -0.2) is 80.9 Å². The van der Waals surface area contributed by atoms with Gasteiger partial charge in [0.25, 0.3) is 0 Å². The zero-order chi connectivity index (χ0) is 27.1. The lowest BCUT2D eigenvalue weighted by atomic mass is 9.98. The van der Waals surface area contributed by atoms with Crippen molar-refractivity contribution in [1.29, 1.82) is 0 Å². The molecule has 1 aliphatic heterocycles. The van der Waals surface area contributed by atoms with Crippen molar-refractivity contribution in [3.8, 4) is 0 Å². The maximum atomic E-state index is 11.8. The molecule has 0 bridgehead atoms. The minimum absolute atomic E-state index is 0.215. The second kappa shape index (κ2) is 16.9. The smallest absolute Gasteiger partial charge is 0.305 e. The number of methoxy groups -OCH3 is 1. The van der Waals surface area contributed by atoms with Crippen molar-refractivity contribution >= 4 is 29.8 Å². The first-order valence-electron chi connectivity index (χ1n) is 12.0. The van der Waals surface area contributed by atoms with E-state index < -0.39 is 54.6 Å². The van der Waals surface area contributed by atoms with Gasteiger partial charge in [0.15, 0.2) is 24.6 Å². The van der Waals surface area contributed by atoms with E-state index in [1.54, 1.807) is 0 Å². The van der Waals surface area contributed by atoms with Crippen LogP contribution < -0.4 is 0 Å². The molecule has 0 aromatic carbocycles. The second-order valence-electron chi connectivity index (χ2n) is 8.39. The fourth-order valence-electron chi connectivity index (χ4n) is 3.70. The highest BCUT2D eigenvalue weighted by molar-refractivity contribution is 5.69. The summed E-state index contributed by atoms with van der Waals surface area (Å²) in [5, 5.41) is 0. The molecule has 5 atom stereocenters. The van der Waals surface area contributed by atoms with E-state index in [0.29, 0.717) is 12.8 Å². The van der Waals surface area contributed by atoms with Crippen molar-refractivity contribution in [3.05, 3.63) is 0 Å². The van der Waals surface area contributed by atoms with E-state index in [-0.39, 0.29) is 19.2 Å². The summed E-state index contributed by atoms with van der Waals surface area (Å²) >= 11 is 0. The molecule has 0 amide bonds. The van der Waals surface area contributed by atoms with Crippen LogP contribution in [0.1, 0.15) is 72.6 Å². The quantitative estimate of drug-likeness (QED) is 0.177. The number of unbranched alkanes of at least 4 members (excludes halogenated alkanes) is 5. The minimum atomic E-state index is -1.25. The monoisotopic (exact) mass is 518 g/mol. The molecule has 0 saturated carbocycles. The van der Waals surface area contributed by atoms with Gasteiger partial charge in [-0.3, -0.25) is 24.0 Å². The second-order valence-corrected chi connectivity index (χ2v) is 8.39. The van der Waals surface area contributed by atoms with E-state index in [1.807, 2.05) is 0 Å². The summed E-state index contributed by atoms with van der Waals surface area (Å²) < 4.78 is 37.4. The summed E-state index contributed by atoms with van der Waals surface area (Å²) in [4.78, 5) is 57.8. The average molecular weight is 519 g/mol. The first-order chi connectivity index (χ1) is 17.0. The van der Waals surface area contributed by atoms with Crippen LogP contribution in [0.4, 0.5) is 0 Å². The number of ether oxygens (including phenoxy) is 7. The van der Waals surface area contributed by atoms with E-state index >= 15 is 0 Å². The van der Waals surface area contributed by atoms with Gasteiger partial charge in [0, 0.05) is 40.7 Å². The molecule has 1 aliphatic rings. The van der Waals surface area contributed by atoms with Crippen LogP contribution in [0.25, 0.3) is 0 Å². The van der Waals surface area contributed by atoms with Crippen molar-refractivity contribution in [2.45, 2.75) is 103 Å². The van der Waals surface area contributed by atoms with Crippen LogP contribution in [0.5, 0.6) is 0 Å². The number of carbonyl (C=O) groups excluding carboxylic acids is 5. The average Bonchev–Trinajstić information content (AvgIpc) is 2.79. The third-order valence-corrected chi connectivity index (χ3v) is 5.23. The lowest BCUT2D eigenvalue weighted by Gasteiger charge is -2.44. The van der Waals surface area contributed by atoms with Gasteiger partial charge in [-0.1, -0.05) is 25.7 Å². The molecule has 0 unspecified atom stereocenters. The predicted molar refractivity (Wildman–Crippen MR) is 122 cm³/mol. The molecule has 0 radical (unpaired) electrons. The predicted octanol–water partition coefficient (Wildman–Crippen LogP) is 1.99. The topological polar surface area (TPSA) is 150 Å². The maximum absolute atomic E-state index is 11.8. The first kappa shape index (κ1) is 31.3. The number of hydrogen-bond acceptors (Lipinski definition) is 12. The lowest BCUT2D eigenvalue weighted by molar-refractivity contribution is -0.308. The van der Waals surface area contributed by atoms with Crippen LogP contribution in [0.2, 0.25) is 0 Å². The Bertz CT molecular complexity index is 737. The number of esters is 5. The van der Waals surface area contributed by atoms with Gasteiger partial charge in [0.2, 0.25) is 0 Å². The minimum Gasteiger partial charge on any atom is -0.469 e. The number of hydrogen-bond donors (Lipinski definition) is 0. The molecule has 0 aromatic rings. The molecule has 206 valence electrons. The van der Waals surface area contributed by atoms with Crippen molar-refractivity contribution in [2.75, 3.05) is 20.3 Å². The molecule has 1 heterocycles. The molecule has 1 rings (SSSR count). The Kier molecular flexibility index (Phi) is 14.7. The van der Waals surface area contributed by atoms with Crippen LogP contribution in [0, 0.1) is 0 Å². The third kappa shape index (κ3) is 12.3. The zero-order valence-corrected chi connectivity index (χ0v) is 21.6. The van der Waals surface area contributed by atoms with Gasteiger partial charge >= 0.3 is 29.8 Å². The third-order valence-electron chi connectivity index (χ3n) is 5.23. The van der Waals surface area contributed by atoms with E-state index in [4.69, 9.17) is 28.4 Å². The fourth-order valence-corrected chi connectivity index (χ4v) is 3.70. The van der Waals surface area contributed by atoms with E-state index in [2.05, 4.69) is 4.74 Å². The molecule has 0 spiro atoms. The van der Waals surface area contributed by atoms with E-state index in [1.165, 1.54) is 21.0 Å². The van der Waals surface area contributed by atoms with Gasteiger partial charge in [-0.15, -0.1) is 0 Å². The molecule has 12 heteroatoms. The van der Waals surface area contributed by atoms with Crippen molar-refractivity contribution < 1.29 is 57.1 Å². The van der Waals surface area contributed by atoms with Gasteiger partial charge in [0.05, 0.1) is 7.11 Å². The zero-order valence-electron chi connectivity index (χ0n) is 21.6. The van der Waals surface area contributed by atoms with Gasteiger partial charge < -0.3 is 33.2 Å². The lowest BCUT2D eigenvalue weighted by Crippen LogP contribution is -2.63. The molecule has 1 fully saturated rings. The number of rotatable bonds is 15. The van der Waals surface area contributed by atoms with Crippen LogP contribution in [0.3, 0.4) is 0 Å². The van der Waals surface area contributed by atoms with Crippen molar-refractivity contribution in [2.24, 2.45) is 0 Å². The van der Waals surface area contributed by atoms with Gasteiger partial charge in [-0.25, -0.2) is 0 Å². The highest BCUT2D eigenvalue weighted by Gasteiger charge is 2.52. The largest absolute Gasteiger partial charge is 0.469 e. The Morgan fingerprint density at radius 3 is 1.75 bits per heavy atom.